The first-order valence-electron chi connectivity index (χ1n) is 14.5. The number of rotatable bonds is 1. The number of nitrogen functional groups attached to an aromatic ring is 2. The van der Waals surface area contributed by atoms with Gasteiger partial charge in [-0.05, 0) is 0 Å². The minimum absolute atomic E-state index is 0.890. The zero-order chi connectivity index (χ0) is 34.9. The molecule has 0 radical (unpaired) electrons. The SMILES string of the molecule is Cc1c(I)c(C)c2c(I)c3c(c(I)c2c1I)-c1c(C)c(N)c2c4c(c(N)c(I)c-3c14)-c1c-2c(I(C)C)c2c(I)c(I)c(I)c(I)c2c1C. The molecule has 4 N–H and O–H groups in total. The third-order valence-electron chi connectivity index (χ3n) is 10.1. The molecule has 6 aromatic rings. The van der Waals surface area contributed by atoms with E-state index in [4.69, 9.17) is 11.5 Å². The van der Waals surface area contributed by atoms with Crippen LogP contribution in [0, 0.1) is 63.4 Å². The van der Waals surface area contributed by atoms with Crippen molar-refractivity contribution >= 4 is 267 Å². The standard InChI is InChI=1S/C36H22I10N2/c1-7-11-20(34(46(5)6)24-13(7)29(41)32(44)33(45)30(24)42)22-16-15-12(9(3)35(22)47)17-19(18(15)31(43)36(48)21(11)16)27(39)14-8(2)25(37)10(4)26(38)23(14)28(17)40/h47-48H2,1-6H3. The predicted molar refractivity (Wildman–Crippen MR) is 295 cm³/mol. The summed E-state index contributed by atoms with van der Waals surface area (Å²) in [4.78, 5) is 4.99. The Morgan fingerprint density at radius 2 is 0.833 bits per heavy atom. The van der Waals surface area contributed by atoms with Crippen molar-refractivity contribution in [2.45, 2.75) is 27.7 Å². The Balaban J connectivity index is 1.68. The van der Waals surface area contributed by atoms with Crippen molar-refractivity contribution in [1.29, 1.82) is 0 Å². The maximum absolute atomic E-state index is 7.50. The van der Waals surface area contributed by atoms with Gasteiger partial charge in [0, 0.05) is 0 Å². The quantitative estimate of drug-likeness (QED) is 0.0566. The van der Waals surface area contributed by atoms with E-state index in [9.17, 15) is 0 Å². The second kappa shape index (κ2) is 13.0. The van der Waals surface area contributed by atoms with Crippen molar-refractivity contribution in [3.63, 3.8) is 0 Å². The van der Waals surface area contributed by atoms with Gasteiger partial charge in [0.2, 0.25) is 0 Å². The molecule has 0 fully saturated rings. The van der Waals surface area contributed by atoms with Crippen LogP contribution in [0.1, 0.15) is 22.3 Å². The van der Waals surface area contributed by atoms with Crippen LogP contribution in [0.15, 0.2) is 0 Å². The molecule has 48 heavy (non-hydrogen) atoms. The summed E-state index contributed by atoms with van der Waals surface area (Å²) in [6.45, 7) is 9.16. The first-order chi connectivity index (χ1) is 22.5. The van der Waals surface area contributed by atoms with Crippen molar-refractivity contribution in [2.24, 2.45) is 0 Å². The molecule has 2 aliphatic carbocycles. The Labute approximate surface area is 409 Å². The number of fused-ring (bicyclic) bond motifs is 8. The van der Waals surface area contributed by atoms with Crippen LogP contribution in [0.3, 0.4) is 0 Å². The summed E-state index contributed by atoms with van der Waals surface area (Å²) in [5.74, 6) is 0. The molecule has 0 saturated heterocycles. The van der Waals surface area contributed by atoms with Crippen molar-refractivity contribution in [3.8, 4) is 44.5 Å². The summed E-state index contributed by atoms with van der Waals surface area (Å²) < 4.78 is 13.4. The van der Waals surface area contributed by atoms with Crippen LogP contribution in [-0.2, 0) is 0 Å². The van der Waals surface area contributed by atoms with Crippen molar-refractivity contribution in [3.05, 3.63) is 58.0 Å². The summed E-state index contributed by atoms with van der Waals surface area (Å²) in [5.41, 5.74) is 32.4. The van der Waals surface area contributed by atoms with Gasteiger partial charge in [0.1, 0.15) is 0 Å². The van der Waals surface area contributed by atoms with Crippen molar-refractivity contribution < 1.29 is 0 Å². The van der Waals surface area contributed by atoms with E-state index in [2.05, 4.69) is 241 Å². The van der Waals surface area contributed by atoms with E-state index in [-0.39, 0.29) is 0 Å². The van der Waals surface area contributed by atoms with E-state index in [1.54, 1.807) is 3.57 Å². The molecular weight excluding hydrogens is 1730 g/mol. The van der Waals surface area contributed by atoms with Gasteiger partial charge in [0.15, 0.2) is 0 Å². The number of alkyl halides is 2. The topological polar surface area (TPSA) is 52.0 Å². The van der Waals surface area contributed by atoms with Gasteiger partial charge in [-0.25, -0.2) is 0 Å². The Kier molecular flexibility index (Phi) is 10.3. The van der Waals surface area contributed by atoms with Crippen LogP contribution < -0.4 is 11.5 Å². The van der Waals surface area contributed by atoms with E-state index in [1.807, 2.05) is 0 Å². The van der Waals surface area contributed by atoms with Gasteiger partial charge < -0.3 is 0 Å². The second-order valence-corrected chi connectivity index (χ2v) is 27.6. The molecule has 0 unspecified atom stereocenters. The Morgan fingerprint density at radius 3 is 1.44 bits per heavy atom. The number of hydrogen-bond acceptors (Lipinski definition) is 2. The van der Waals surface area contributed by atoms with Crippen LogP contribution in [-0.4, -0.2) is 9.86 Å². The molecule has 2 aliphatic rings. The van der Waals surface area contributed by atoms with E-state index in [1.165, 1.54) is 128 Å². The molecule has 0 saturated carbocycles. The molecule has 0 bridgehead atoms. The monoisotopic (exact) mass is 1750 g/mol. The van der Waals surface area contributed by atoms with E-state index in [0.29, 0.717) is 0 Å². The molecule has 0 spiro atoms. The number of nitrogens with two attached hydrogens (primary N) is 2. The molecule has 8 rings (SSSR count). The molecular formula is C36H22I10N2. The van der Waals surface area contributed by atoms with Crippen LogP contribution in [0.25, 0.3) is 76.8 Å². The van der Waals surface area contributed by atoms with Crippen LogP contribution in [0.2, 0.25) is 0 Å². The van der Waals surface area contributed by atoms with E-state index in [0.717, 1.165) is 14.9 Å². The first-order valence-corrected chi connectivity index (χ1v) is 29.6. The first kappa shape index (κ1) is 37.9. The summed E-state index contributed by atoms with van der Waals surface area (Å²) in [6, 6.07) is 0. The van der Waals surface area contributed by atoms with Crippen LogP contribution in [0.4, 0.5) is 11.4 Å². The fourth-order valence-corrected chi connectivity index (χ4v) is 21.1. The third-order valence-corrected chi connectivity index (χ3v) is 27.0. The van der Waals surface area contributed by atoms with Gasteiger partial charge in [-0.1, -0.05) is 0 Å². The molecule has 0 amide bonds. The average molecular weight is 1750 g/mol. The van der Waals surface area contributed by atoms with Crippen molar-refractivity contribution in [2.75, 3.05) is 21.3 Å². The van der Waals surface area contributed by atoms with Gasteiger partial charge in [-0.15, -0.1) is 0 Å². The van der Waals surface area contributed by atoms with E-state index < -0.39 is 19.8 Å². The van der Waals surface area contributed by atoms with Gasteiger partial charge >= 0.3 is 418 Å². The van der Waals surface area contributed by atoms with Gasteiger partial charge in [0.05, 0.1) is 0 Å². The number of hydrogen-bond donors (Lipinski definition) is 2. The Morgan fingerprint density at radius 1 is 0.333 bits per heavy atom. The summed E-state index contributed by atoms with van der Waals surface area (Å²) in [6.07, 6.45) is 0. The minimum atomic E-state index is -1.60. The second-order valence-electron chi connectivity index (χ2n) is 12.5. The third kappa shape index (κ3) is 4.70. The fraction of sp³-hybridized carbons (Fsp3) is 0.167. The number of aryl methyl sites for hydroxylation is 2. The van der Waals surface area contributed by atoms with Gasteiger partial charge in [0.25, 0.3) is 0 Å². The normalized spacial score (nSPS) is 13.0. The maximum atomic E-state index is 7.50. The number of halogens is 10. The summed E-state index contributed by atoms with van der Waals surface area (Å²) in [7, 11) is 0. The predicted octanol–water partition coefficient (Wildman–Crippen LogP) is 15.2. The molecule has 0 heterocycles. The van der Waals surface area contributed by atoms with E-state index >= 15 is 0 Å². The summed E-state index contributed by atoms with van der Waals surface area (Å²) in [5, 5.41) is 8.18. The molecule has 246 valence electrons. The Hall–Kier alpha value is 3.00. The molecule has 2 nitrogen and oxygen atoms in total. The number of benzene rings is 6. The molecule has 6 aromatic carbocycles. The van der Waals surface area contributed by atoms with Gasteiger partial charge in [-0.2, -0.15) is 0 Å². The van der Waals surface area contributed by atoms with Crippen LogP contribution in [0.5, 0.6) is 0 Å². The molecule has 0 aromatic heterocycles. The summed E-state index contributed by atoms with van der Waals surface area (Å²) >= 11 is 21.7. The fourth-order valence-electron chi connectivity index (χ4n) is 8.00. The zero-order valence-corrected chi connectivity index (χ0v) is 47.5. The van der Waals surface area contributed by atoms with Crippen molar-refractivity contribution in [1.82, 2.24) is 0 Å². The molecule has 0 aliphatic heterocycles. The molecule has 12 heteroatoms. The number of anilines is 2. The van der Waals surface area contributed by atoms with Gasteiger partial charge in [-0.3, -0.25) is 0 Å². The Bertz CT molecular complexity index is 2570. The zero-order valence-electron chi connectivity index (χ0n) is 25.9. The molecule has 0 atom stereocenters. The van der Waals surface area contributed by atoms with Crippen LogP contribution >= 0.6 is 223 Å². The average Bonchev–Trinajstić information content (AvgIpc) is 3.59.